The zero-order valence-corrected chi connectivity index (χ0v) is 11.5. The molecule has 0 radical (unpaired) electrons. The fourth-order valence-electron chi connectivity index (χ4n) is 1.10. The van der Waals surface area contributed by atoms with E-state index in [1.54, 1.807) is 6.92 Å². The Balaban J connectivity index is 3.66. The van der Waals surface area contributed by atoms with Crippen molar-refractivity contribution in [3.8, 4) is 0 Å². The molecule has 96 valence electrons. The molecule has 0 heterocycles. The molecule has 0 aliphatic heterocycles. The fourth-order valence-corrected chi connectivity index (χ4v) is 2.26. The Bertz CT molecular complexity index is 218. The first-order valence-electron chi connectivity index (χ1n) is 5.91. The lowest BCUT2D eigenvalue weighted by molar-refractivity contribution is -0.143. The van der Waals surface area contributed by atoms with Crippen molar-refractivity contribution in [2.75, 3.05) is 19.4 Å². The van der Waals surface area contributed by atoms with Gasteiger partial charge in [0, 0.05) is 12.8 Å². The Morgan fingerprint density at radius 3 is 2.44 bits per heavy atom. The van der Waals surface area contributed by atoms with Crippen LogP contribution in [0.1, 0.15) is 40.0 Å². The molecule has 0 aromatic carbocycles. The number of carbonyl (C=O) groups is 1. The highest BCUT2D eigenvalue weighted by Gasteiger charge is 2.13. The molecule has 0 aliphatic rings. The molecule has 0 saturated carbocycles. The quantitative estimate of drug-likeness (QED) is 0.466. The lowest BCUT2D eigenvalue weighted by atomic mass is 10.5. The van der Waals surface area contributed by atoms with Gasteiger partial charge in [-0.2, -0.15) is 0 Å². The highest BCUT2D eigenvalue weighted by Crippen LogP contribution is 2.29. The Hall–Kier alpha value is -0.340. The molecule has 0 spiro atoms. The van der Waals surface area contributed by atoms with Crippen molar-refractivity contribution in [2.24, 2.45) is 0 Å². The average Bonchev–Trinajstić information content (AvgIpc) is 2.30. The smallest absolute Gasteiger partial charge is 0.306 e. The van der Waals surface area contributed by atoms with E-state index in [-0.39, 0.29) is 18.2 Å². The maximum absolute atomic E-state index is 11.7. The molecule has 5 heteroatoms. The largest absolute Gasteiger partial charge is 0.466 e. The Kier molecular flexibility index (Phi) is 9.65. The van der Waals surface area contributed by atoms with Crippen molar-refractivity contribution in [2.45, 2.75) is 45.9 Å². The van der Waals surface area contributed by atoms with E-state index < -0.39 is 7.80 Å². The minimum absolute atomic E-state index is 0.232. The minimum atomic E-state index is -1.83. The highest BCUT2D eigenvalue weighted by atomic mass is 31.1. The molecule has 4 nitrogen and oxygen atoms in total. The van der Waals surface area contributed by atoms with Crippen LogP contribution in [-0.2, 0) is 18.8 Å². The summed E-state index contributed by atoms with van der Waals surface area (Å²) in [5.41, 5.74) is 0. The summed E-state index contributed by atoms with van der Waals surface area (Å²) < 4.78 is 21.9. The first-order valence-corrected chi connectivity index (χ1v) is 7.61. The average molecular weight is 250 g/mol. The van der Waals surface area contributed by atoms with Gasteiger partial charge < -0.3 is 14.0 Å². The van der Waals surface area contributed by atoms with Gasteiger partial charge in [0.15, 0.2) is 0 Å². The molecular weight excluding hydrogens is 227 g/mol. The first-order chi connectivity index (χ1) is 7.61. The molecule has 0 aliphatic carbocycles. The van der Waals surface area contributed by atoms with Crippen molar-refractivity contribution in [3.05, 3.63) is 0 Å². The van der Waals surface area contributed by atoms with Crippen LogP contribution in [0.5, 0.6) is 0 Å². The predicted molar refractivity (Wildman–Crippen MR) is 65.4 cm³/mol. The van der Waals surface area contributed by atoms with Crippen LogP contribution >= 0.6 is 7.80 Å². The first kappa shape index (κ1) is 15.7. The van der Waals surface area contributed by atoms with Gasteiger partial charge >= 0.3 is 5.97 Å². The minimum Gasteiger partial charge on any atom is -0.466 e. The van der Waals surface area contributed by atoms with Gasteiger partial charge in [-0.15, -0.1) is 0 Å². The predicted octanol–water partition coefficient (Wildman–Crippen LogP) is 2.66. The van der Waals surface area contributed by atoms with Crippen LogP contribution in [0.2, 0.25) is 0 Å². The molecule has 0 aromatic heterocycles. The third-order valence-corrected chi connectivity index (χ3v) is 3.88. The second-order valence-corrected chi connectivity index (χ2v) is 5.95. The molecule has 0 amide bonds. The van der Waals surface area contributed by atoms with Crippen molar-refractivity contribution >= 4 is 13.8 Å². The summed E-state index contributed by atoms with van der Waals surface area (Å²) in [5, 5.41) is 0. The van der Waals surface area contributed by atoms with Gasteiger partial charge in [-0.1, -0.05) is 13.8 Å². The zero-order valence-electron chi connectivity index (χ0n) is 10.5. The van der Waals surface area contributed by atoms with Crippen LogP contribution < -0.4 is 0 Å². The monoisotopic (exact) mass is 250 g/mol. The molecule has 0 bridgehead atoms. The van der Waals surface area contributed by atoms with Crippen LogP contribution in [0.4, 0.5) is 0 Å². The van der Waals surface area contributed by atoms with E-state index in [1.807, 2.05) is 13.8 Å². The van der Waals surface area contributed by atoms with Crippen LogP contribution in [0, 0.1) is 0 Å². The van der Waals surface area contributed by atoms with Crippen LogP contribution in [0.3, 0.4) is 0 Å². The Morgan fingerprint density at radius 1 is 1.25 bits per heavy atom. The van der Waals surface area contributed by atoms with Crippen LogP contribution in [-0.4, -0.2) is 31.2 Å². The van der Waals surface area contributed by atoms with Crippen LogP contribution in [0.15, 0.2) is 0 Å². The van der Waals surface area contributed by atoms with Gasteiger partial charge in [0.2, 0.25) is 0 Å². The molecule has 0 rings (SSSR count). The van der Waals surface area contributed by atoms with Gasteiger partial charge in [0.05, 0.1) is 13.0 Å². The van der Waals surface area contributed by atoms with E-state index in [0.29, 0.717) is 19.4 Å². The van der Waals surface area contributed by atoms with Gasteiger partial charge in [-0.25, -0.2) is 0 Å². The summed E-state index contributed by atoms with van der Waals surface area (Å²) in [7, 11) is -1.83. The van der Waals surface area contributed by atoms with Crippen LogP contribution in [0.25, 0.3) is 0 Å². The second-order valence-electron chi connectivity index (χ2n) is 3.70. The van der Waals surface area contributed by atoms with Crippen molar-refractivity contribution < 1.29 is 18.8 Å². The summed E-state index contributed by atoms with van der Waals surface area (Å²) in [4.78, 5) is 11.2. The standard InChI is InChI=1S/C11H23O4P/c1-4-7-14-10(3)16(13)9-6-11(12)15-8-5-2/h10,16H,4-9H2,1-3H3. The molecule has 0 fully saturated rings. The lowest BCUT2D eigenvalue weighted by Gasteiger charge is -2.11. The summed E-state index contributed by atoms with van der Waals surface area (Å²) >= 11 is 0. The SMILES string of the molecule is CCCOC(=O)CC[PH](=O)C(C)OCCC. The van der Waals surface area contributed by atoms with Crippen molar-refractivity contribution in [1.82, 2.24) is 0 Å². The van der Waals surface area contributed by atoms with E-state index in [1.165, 1.54) is 0 Å². The van der Waals surface area contributed by atoms with E-state index in [4.69, 9.17) is 9.47 Å². The highest BCUT2D eigenvalue weighted by molar-refractivity contribution is 7.45. The maximum atomic E-state index is 11.7. The topological polar surface area (TPSA) is 52.6 Å². The summed E-state index contributed by atoms with van der Waals surface area (Å²) in [6, 6.07) is 0. The zero-order chi connectivity index (χ0) is 12.4. The molecule has 0 saturated heterocycles. The second kappa shape index (κ2) is 9.86. The summed E-state index contributed by atoms with van der Waals surface area (Å²) in [6.07, 6.45) is 2.35. The molecule has 2 atom stereocenters. The van der Waals surface area contributed by atoms with Crippen molar-refractivity contribution in [1.29, 1.82) is 0 Å². The molecule has 0 aromatic rings. The Labute approximate surface area is 98.5 Å². The number of esters is 1. The Morgan fingerprint density at radius 2 is 1.88 bits per heavy atom. The van der Waals surface area contributed by atoms with Gasteiger partial charge in [0.1, 0.15) is 13.6 Å². The lowest BCUT2D eigenvalue weighted by Crippen LogP contribution is -2.09. The third kappa shape index (κ3) is 7.89. The van der Waals surface area contributed by atoms with E-state index in [9.17, 15) is 9.36 Å². The molecule has 2 unspecified atom stereocenters. The van der Waals surface area contributed by atoms with Gasteiger partial charge in [-0.3, -0.25) is 4.79 Å². The number of rotatable bonds is 9. The van der Waals surface area contributed by atoms with Gasteiger partial charge in [0.25, 0.3) is 0 Å². The molecular formula is C11H23O4P. The number of hydrogen-bond donors (Lipinski definition) is 0. The normalized spacial score (nSPS) is 14.4. The summed E-state index contributed by atoms with van der Waals surface area (Å²) in [5.74, 6) is -0.494. The number of hydrogen-bond acceptors (Lipinski definition) is 4. The van der Waals surface area contributed by atoms with Gasteiger partial charge in [-0.05, 0) is 19.8 Å². The summed E-state index contributed by atoms with van der Waals surface area (Å²) in [6.45, 7) is 6.82. The third-order valence-electron chi connectivity index (χ3n) is 2.07. The number of ether oxygens (including phenoxy) is 2. The van der Waals surface area contributed by atoms with Crippen molar-refractivity contribution in [3.63, 3.8) is 0 Å². The fraction of sp³-hybridized carbons (Fsp3) is 0.909. The molecule has 0 N–H and O–H groups in total. The van der Waals surface area contributed by atoms with E-state index >= 15 is 0 Å². The molecule has 16 heavy (non-hydrogen) atoms. The van der Waals surface area contributed by atoms with E-state index in [0.717, 1.165) is 12.8 Å². The number of carbonyl (C=O) groups excluding carboxylic acids is 1. The van der Waals surface area contributed by atoms with E-state index in [2.05, 4.69) is 0 Å². The maximum Gasteiger partial charge on any atom is 0.306 e.